The van der Waals surface area contributed by atoms with Crippen LogP contribution in [0.25, 0.3) is 0 Å². The van der Waals surface area contributed by atoms with E-state index in [9.17, 15) is 9.59 Å². The van der Waals surface area contributed by atoms with Gasteiger partial charge in [-0.1, -0.05) is 42.5 Å². The van der Waals surface area contributed by atoms with E-state index >= 15 is 0 Å². The van der Waals surface area contributed by atoms with Crippen molar-refractivity contribution < 1.29 is 29.0 Å². The molecule has 0 heterocycles. The van der Waals surface area contributed by atoms with Crippen molar-refractivity contribution in [1.82, 2.24) is 0 Å². The number of isocyanates is 2. The van der Waals surface area contributed by atoms with Crippen LogP contribution in [0.5, 0.6) is 0 Å². The second kappa shape index (κ2) is 27.7. The lowest BCUT2D eigenvalue weighted by atomic mass is 10.2. The molecule has 0 radical (unpaired) electrons. The lowest BCUT2D eigenvalue weighted by Gasteiger charge is -1.89. The first-order valence-electron chi connectivity index (χ1n) is 6.14. The number of ether oxygens (including phenoxy) is 1. The van der Waals surface area contributed by atoms with E-state index in [-0.39, 0.29) is 0 Å². The molecule has 5 N–H and O–H groups in total. The fraction of sp³-hybridized carbons (Fsp3) is 0.200. The maximum Gasteiger partial charge on any atom is 0.404 e. The Hall–Kier alpha value is -3.54. The summed E-state index contributed by atoms with van der Waals surface area (Å²) < 4.78 is 4.18. The number of hydrogen-bond acceptors (Lipinski definition) is 7. The summed E-state index contributed by atoms with van der Waals surface area (Å²) in [6.07, 6.45) is 1.62. The number of hydrogen-bond donors (Lipinski definition) is 4. The molecule has 0 saturated heterocycles. The molecule has 9 nitrogen and oxygen atoms in total. The number of carbonyl (C=O) groups excluding carboxylic acids is 3. The summed E-state index contributed by atoms with van der Waals surface area (Å²) in [6.45, 7) is 7.10. The maximum atomic E-state index is 9.60. The molecular weight excluding hydrogens is 318 g/mol. The predicted molar refractivity (Wildman–Crippen MR) is 87.0 cm³/mol. The number of amides is 1. The second-order valence-electron chi connectivity index (χ2n) is 3.15. The number of aliphatic carboxylic acids is 1. The zero-order valence-corrected chi connectivity index (χ0v) is 13.4. The zero-order valence-electron chi connectivity index (χ0n) is 13.4. The van der Waals surface area contributed by atoms with E-state index in [1.807, 2.05) is 18.2 Å². The largest absolute Gasteiger partial charge is 0.478 e. The van der Waals surface area contributed by atoms with Gasteiger partial charge in [0.05, 0.1) is 6.61 Å². The van der Waals surface area contributed by atoms with Gasteiger partial charge in [0.2, 0.25) is 12.2 Å². The highest BCUT2D eigenvalue weighted by Crippen LogP contribution is 1.92. The van der Waals surface area contributed by atoms with Gasteiger partial charge in [0.1, 0.15) is 0 Å². The van der Waals surface area contributed by atoms with Gasteiger partial charge < -0.3 is 15.6 Å². The van der Waals surface area contributed by atoms with Crippen molar-refractivity contribution in [2.75, 3.05) is 6.61 Å². The van der Waals surface area contributed by atoms with Crippen LogP contribution in [0.4, 0.5) is 4.79 Å². The highest BCUT2D eigenvalue weighted by atomic mass is 16.5. The number of aryl methyl sites for hydroxylation is 1. The first-order valence-corrected chi connectivity index (χ1v) is 6.14. The summed E-state index contributed by atoms with van der Waals surface area (Å²) in [4.78, 5) is 35.5. The van der Waals surface area contributed by atoms with Crippen LogP contribution in [0, 0.1) is 17.7 Å². The SMILES string of the molecule is C=CC(=O)O.CCOC(N)=O.Cc1ccccc1.N=C=O.N=C=O. The Balaban J connectivity index is -0.000000109. The lowest BCUT2D eigenvalue weighted by molar-refractivity contribution is -0.131. The monoisotopic (exact) mass is 339 g/mol. The number of carbonyl (C=O) groups is 2. The van der Waals surface area contributed by atoms with E-state index in [0.29, 0.717) is 6.61 Å². The first kappa shape index (κ1) is 28.6. The summed E-state index contributed by atoms with van der Waals surface area (Å²) in [5.41, 5.74) is 5.86. The van der Waals surface area contributed by atoms with Gasteiger partial charge in [-0.05, 0) is 13.8 Å². The molecule has 0 aliphatic rings. The standard InChI is InChI=1S/C7H8.C3H7NO2.C3H4O2.2CHNO/c1-7-5-3-2-4-6-7;1-2-6-3(4)5;1-2-3(4)5;2*2-1-3/h2-6H,1H3;2H2,1H3,(H2,4,5);2H,1H2,(H,4,5);2*2H. The lowest BCUT2D eigenvalue weighted by Crippen LogP contribution is -2.11. The van der Waals surface area contributed by atoms with Crippen molar-refractivity contribution in [3.63, 3.8) is 0 Å². The van der Waals surface area contributed by atoms with Crippen LogP contribution in [-0.2, 0) is 19.1 Å². The van der Waals surface area contributed by atoms with Crippen molar-refractivity contribution in [1.29, 1.82) is 10.8 Å². The van der Waals surface area contributed by atoms with Crippen LogP contribution >= 0.6 is 0 Å². The number of rotatable bonds is 2. The maximum absolute atomic E-state index is 9.60. The first-order chi connectivity index (χ1) is 11.3. The highest BCUT2D eigenvalue weighted by molar-refractivity contribution is 5.78. The highest BCUT2D eigenvalue weighted by Gasteiger charge is 1.82. The molecule has 24 heavy (non-hydrogen) atoms. The smallest absolute Gasteiger partial charge is 0.404 e. The molecule has 0 aromatic heterocycles. The van der Waals surface area contributed by atoms with Crippen molar-refractivity contribution in [3.05, 3.63) is 48.6 Å². The topological polar surface area (TPSA) is 171 Å². The average Bonchev–Trinajstić information content (AvgIpc) is 2.50. The Morgan fingerprint density at radius 3 is 1.67 bits per heavy atom. The molecule has 1 aromatic rings. The number of primary amides is 1. The summed E-state index contributed by atoms with van der Waals surface area (Å²) in [5.74, 6) is -0.981. The summed E-state index contributed by atoms with van der Waals surface area (Å²) in [5, 5.41) is 18.4. The number of nitrogens with one attached hydrogen (secondary N) is 2. The van der Waals surface area contributed by atoms with E-state index in [2.05, 4.69) is 36.1 Å². The number of nitrogens with two attached hydrogens (primary N) is 1. The van der Waals surface area contributed by atoms with E-state index in [1.54, 1.807) is 6.92 Å². The fourth-order valence-corrected chi connectivity index (χ4v) is 0.677. The van der Waals surface area contributed by atoms with Crippen LogP contribution < -0.4 is 5.73 Å². The van der Waals surface area contributed by atoms with Crippen LogP contribution in [0.1, 0.15) is 12.5 Å². The third-order valence-corrected chi connectivity index (χ3v) is 1.40. The van der Waals surface area contributed by atoms with Gasteiger partial charge >= 0.3 is 12.1 Å². The van der Waals surface area contributed by atoms with Crippen molar-refractivity contribution in [2.45, 2.75) is 13.8 Å². The predicted octanol–water partition coefficient (Wildman–Crippen LogP) is 2.16. The molecular formula is C15H21N3O6. The van der Waals surface area contributed by atoms with E-state index in [4.69, 9.17) is 25.5 Å². The third-order valence-electron chi connectivity index (χ3n) is 1.40. The molecule has 0 spiro atoms. The Labute approximate surface area is 139 Å². The molecule has 0 bridgehead atoms. The summed E-state index contributed by atoms with van der Waals surface area (Å²) in [7, 11) is 0. The van der Waals surface area contributed by atoms with Crippen LogP contribution in [0.3, 0.4) is 0 Å². The minimum Gasteiger partial charge on any atom is -0.478 e. The summed E-state index contributed by atoms with van der Waals surface area (Å²) >= 11 is 0. The Morgan fingerprint density at radius 2 is 1.58 bits per heavy atom. The van der Waals surface area contributed by atoms with Gasteiger partial charge in [-0.25, -0.2) is 30.0 Å². The number of carboxylic acids is 1. The molecule has 0 fully saturated rings. The molecule has 132 valence electrons. The molecule has 1 aromatic carbocycles. The minimum atomic E-state index is -0.981. The average molecular weight is 339 g/mol. The van der Waals surface area contributed by atoms with Gasteiger partial charge in [0.15, 0.2) is 0 Å². The van der Waals surface area contributed by atoms with Crippen LogP contribution in [0.2, 0.25) is 0 Å². The van der Waals surface area contributed by atoms with Crippen molar-refractivity contribution in [3.8, 4) is 0 Å². The molecule has 0 aliphatic carbocycles. The van der Waals surface area contributed by atoms with E-state index in [0.717, 1.165) is 18.2 Å². The Bertz CT molecular complexity index is 493. The zero-order chi connectivity index (χ0) is 19.8. The number of carboxylic acid groups (broad SMARTS) is 1. The van der Waals surface area contributed by atoms with Crippen molar-refractivity contribution in [2.24, 2.45) is 5.73 Å². The van der Waals surface area contributed by atoms with E-state index < -0.39 is 12.1 Å². The molecule has 0 unspecified atom stereocenters. The molecule has 9 heteroatoms. The van der Waals surface area contributed by atoms with Gasteiger partial charge in [0, 0.05) is 6.08 Å². The summed E-state index contributed by atoms with van der Waals surface area (Å²) in [6, 6.07) is 10.3. The molecule has 1 rings (SSSR count). The quantitative estimate of drug-likeness (QED) is 0.365. The van der Waals surface area contributed by atoms with Gasteiger partial charge in [-0.3, -0.25) is 0 Å². The van der Waals surface area contributed by atoms with Crippen molar-refractivity contribution >= 4 is 24.2 Å². The molecule has 0 atom stereocenters. The van der Waals surface area contributed by atoms with Crippen LogP contribution in [-0.4, -0.2) is 35.9 Å². The molecule has 0 saturated carbocycles. The Kier molecular flexibility index (Phi) is 33.1. The molecule has 1 amide bonds. The van der Waals surface area contributed by atoms with Crippen LogP contribution in [0.15, 0.2) is 43.0 Å². The minimum absolute atomic E-state index is 0.356. The normalized spacial score (nSPS) is 6.42. The number of benzene rings is 1. The second-order valence-corrected chi connectivity index (χ2v) is 3.15. The third kappa shape index (κ3) is 62.9. The Morgan fingerprint density at radius 1 is 1.25 bits per heavy atom. The fourth-order valence-electron chi connectivity index (χ4n) is 0.677. The van der Waals surface area contributed by atoms with Gasteiger partial charge in [-0.2, -0.15) is 0 Å². The van der Waals surface area contributed by atoms with E-state index in [1.165, 1.54) is 5.56 Å². The molecule has 0 aliphatic heterocycles. The van der Waals surface area contributed by atoms with Gasteiger partial charge in [-0.15, -0.1) is 0 Å². The van der Waals surface area contributed by atoms with Gasteiger partial charge in [0.25, 0.3) is 0 Å².